The molecule has 0 radical (unpaired) electrons. The van der Waals surface area contributed by atoms with E-state index in [2.05, 4.69) is 20.3 Å². The Morgan fingerprint density at radius 1 is 1.44 bits per heavy atom. The molecule has 0 atom stereocenters. The fourth-order valence-corrected chi connectivity index (χ4v) is 0.951. The lowest BCUT2D eigenvalue weighted by Gasteiger charge is -2.22. The lowest BCUT2D eigenvalue weighted by atomic mass is 10.2. The first kappa shape index (κ1) is 11.8. The Bertz CT molecular complexity index is 412. The summed E-state index contributed by atoms with van der Waals surface area (Å²) >= 11 is 0. The molecule has 1 fully saturated rings. The minimum absolute atomic E-state index is 0.0330. The molecule has 0 spiro atoms. The van der Waals surface area contributed by atoms with Crippen molar-refractivity contribution in [2.75, 3.05) is 14.1 Å². The van der Waals surface area contributed by atoms with E-state index in [1.54, 1.807) is 0 Å². The molecular formula is C8H10N4O4. The summed E-state index contributed by atoms with van der Waals surface area (Å²) in [7, 11) is 2.64. The molecule has 3 amide bonds. The molecule has 0 unspecified atom stereocenters. The first-order valence-electron chi connectivity index (χ1n) is 4.29. The van der Waals surface area contributed by atoms with Gasteiger partial charge in [-0.3, -0.25) is 20.0 Å². The van der Waals surface area contributed by atoms with E-state index in [0.29, 0.717) is 0 Å². The normalized spacial score (nSPS) is 21.3. The molecule has 1 N–H and O–H groups in total. The van der Waals surface area contributed by atoms with Gasteiger partial charge in [0, 0.05) is 21.0 Å². The Labute approximate surface area is 90.9 Å². The van der Waals surface area contributed by atoms with Crippen molar-refractivity contribution in [3.05, 3.63) is 0 Å². The SMILES string of the molecule is CN=C1NC(=O)N(C)C(=O)C1=NOC(C)=O. The minimum Gasteiger partial charge on any atom is -0.318 e. The zero-order valence-electron chi connectivity index (χ0n) is 8.97. The van der Waals surface area contributed by atoms with Crippen molar-refractivity contribution in [2.45, 2.75) is 6.92 Å². The van der Waals surface area contributed by atoms with Crippen molar-refractivity contribution < 1.29 is 19.2 Å². The number of nitrogens with zero attached hydrogens (tertiary/aromatic N) is 3. The lowest BCUT2D eigenvalue weighted by molar-refractivity contribution is -0.140. The van der Waals surface area contributed by atoms with Crippen LogP contribution in [0.1, 0.15) is 6.92 Å². The van der Waals surface area contributed by atoms with Crippen molar-refractivity contribution in [2.24, 2.45) is 10.1 Å². The predicted molar refractivity (Wildman–Crippen MR) is 53.9 cm³/mol. The van der Waals surface area contributed by atoms with Gasteiger partial charge >= 0.3 is 12.0 Å². The molecular weight excluding hydrogens is 216 g/mol. The van der Waals surface area contributed by atoms with Crippen LogP contribution in [0.25, 0.3) is 0 Å². The number of amides is 3. The van der Waals surface area contributed by atoms with E-state index < -0.39 is 17.9 Å². The van der Waals surface area contributed by atoms with Gasteiger partial charge < -0.3 is 4.84 Å². The summed E-state index contributed by atoms with van der Waals surface area (Å²) in [6, 6.07) is -0.618. The van der Waals surface area contributed by atoms with Crippen LogP contribution >= 0.6 is 0 Å². The van der Waals surface area contributed by atoms with Crippen LogP contribution in [0, 0.1) is 0 Å². The maximum absolute atomic E-state index is 11.6. The molecule has 0 aliphatic carbocycles. The highest BCUT2D eigenvalue weighted by molar-refractivity contribution is 6.69. The van der Waals surface area contributed by atoms with Gasteiger partial charge in [0.2, 0.25) is 5.71 Å². The Balaban J connectivity index is 3.04. The molecule has 1 saturated heterocycles. The second-order valence-electron chi connectivity index (χ2n) is 2.89. The highest BCUT2D eigenvalue weighted by atomic mass is 16.7. The van der Waals surface area contributed by atoms with Crippen LogP contribution in [0.4, 0.5) is 4.79 Å². The first-order chi connectivity index (χ1) is 7.47. The van der Waals surface area contributed by atoms with Gasteiger partial charge in [-0.05, 0) is 0 Å². The topological polar surface area (TPSA) is 100 Å². The van der Waals surface area contributed by atoms with Gasteiger partial charge in [0.25, 0.3) is 5.91 Å². The van der Waals surface area contributed by atoms with Crippen molar-refractivity contribution >= 4 is 29.5 Å². The summed E-state index contributed by atoms with van der Waals surface area (Å²) < 4.78 is 0. The van der Waals surface area contributed by atoms with E-state index >= 15 is 0 Å². The highest BCUT2D eigenvalue weighted by Crippen LogP contribution is 2.00. The smallest absolute Gasteiger partial charge is 0.318 e. The van der Waals surface area contributed by atoms with Crippen LogP contribution in [0.5, 0.6) is 0 Å². The van der Waals surface area contributed by atoms with Crippen molar-refractivity contribution in [3.63, 3.8) is 0 Å². The van der Waals surface area contributed by atoms with Crippen molar-refractivity contribution in [3.8, 4) is 0 Å². The summed E-state index contributed by atoms with van der Waals surface area (Å²) in [5.41, 5.74) is -0.222. The number of oxime groups is 1. The third-order valence-corrected chi connectivity index (χ3v) is 1.75. The van der Waals surface area contributed by atoms with Crippen LogP contribution in [0.2, 0.25) is 0 Å². The molecule has 8 heteroatoms. The maximum atomic E-state index is 11.6. The molecule has 0 aromatic heterocycles. The molecule has 1 rings (SSSR count). The fourth-order valence-electron chi connectivity index (χ4n) is 0.951. The Morgan fingerprint density at radius 3 is 2.56 bits per heavy atom. The maximum Gasteiger partial charge on any atom is 0.332 e. The number of carbonyl (C=O) groups is 3. The zero-order valence-corrected chi connectivity index (χ0v) is 8.97. The quantitative estimate of drug-likeness (QED) is 0.463. The van der Waals surface area contributed by atoms with Crippen molar-refractivity contribution in [1.29, 1.82) is 0 Å². The molecule has 1 aliphatic rings. The molecule has 0 bridgehead atoms. The second-order valence-corrected chi connectivity index (χ2v) is 2.89. The minimum atomic E-state index is -0.689. The fraction of sp³-hybridized carbons (Fsp3) is 0.375. The molecule has 0 aromatic carbocycles. The second kappa shape index (κ2) is 4.51. The number of rotatable bonds is 1. The van der Waals surface area contributed by atoms with Gasteiger partial charge in [0.1, 0.15) is 0 Å². The Kier molecular flexibility index (Phi) is 3.33. The molecule has 1 aliphatic heterocycles. The summed E-state index contributed by atoms with van der Waals surface area (Å²) in [5.74, 6) is -1.39. The number of carbonyl (C=O) groups excluding carboxylic acids is 3. The van der Waals surface area contributed by atoms with Crippen LogP contribution in [0.15, 0.2) is 10.1 Å². The van der Waals surface area contributed by atoms with Crippen LogP contribution in [-0.2, 0) is 14.4 Å². The van der Waals surface area contributed by atoms with Gasteiger partial charge in [-0.2, -0.15) is 0 Å². The number of aliphatic imine (C=N–C) groups is 1. The number of urea groups is 1. The van der Waals surface area contributed by atoms with E-state index in [0.717, 1.165) is 11.8 Å². The van der Waals surface area contributed by atoms with E-state index in [9.17, 15) is 14.4 Å². The summed E-state index contributed by atoms with van der Waals surface area (Å²) in [6.07, 6.45) is 0. The molecule has 8 nitrogen and oxygen atoms in total. The Hall–Kier alpha value is -2.25. The molecule has 86 valence electrons. The number of nitrogens with one attached hydrogen (secondary N) is 1. The van der Waals surface area contributed by atoms with Crippen LogP contribution in [-0.4, -0.2) is 48.5 Å². The van der Waals surface area contributed by atoms with Gasteiger partial charge in [-0.15, -0.1) is 0 Å². The average molecular weight is 226 g/mol. The lowest BCUT2D eigenvalue weighted by Crippen LogP contribution is -2.57. The van der Waals surface area contributed by atoms with E-state index in [1.807, 2.05) is 0 Å². The highest BCUT2D eigenvalue weighted by Gasteiger charge is 2.33. The number of hydrogen-bond acceptors (Lipinski definition) is 6. The van der Waals surface area contributed by atoms with Gasteiger partial charge in [0.15, 0.2) is 5.84 Å². The molecule has 16 heavy (non-hydrogen) atoms. The number of amidine groups is 1. The van der Waals surface area contributed by atoms with E-state index in [1.165, 1.54) is 14.1 Å². The van der Waals surface area contributed by atoms with Crippen molar-refractivity contribution in [1.82, 2.24) is 10.2 Å². The monoisotopic (exact) mass is 226 g/mol. The van der Waals surface area contributed by atoms with E-state index in [-0.39, 0.29) is 11.5 Å². The van der Waals surface area contributed by atoms with Gasteiger partial charge in [0.05, 0.1) is 0 Å². The molecule has 1 heterocycles. The van der Waals surface area contributed by atoms with Crippen LogP contribution < -0.4 is 5.32 Å². The summed E-state index contributed by atoms with van der Waals surface area (Å²) in [4.78, 5) is 42.1. The average Bonchev–Trinajstić information content (AvgIpc) is 2.23. The van der Waals surface area contributed by atoms with E-state index in [4.69, 9.17) is 0 Å². The molecule has 0 saturated carbocycles. The van der Waals surface area contributed by atoms with Gasteiger partial charge in [-0.25, -0.2) is 9.59 Å². The summed E-state index contributed by atoms with van der Waals surface area (Å²) in [5, 5.41) is 5.65. The first-order valence-corrected chi connectivity index (χ1v) is 4.29. The summed E-state index contributed by atoms with van der Waals surface area (Å²) in [6.45, 7) is 1.14. The van der Waals surface area contributed by atoms with Gasteiger partial charge in [-0.1, -0.05) is 5.16 Å². The third kappa shape index (κ3) is 2.22. The van der Waals surface area contributed by atoms with Crippen LogP contribution in [0.3, 0.4) is 0 Å². The third-order valence-electron chi connectivity index (χ3n) is 1.75. The standard InChI is InChI=1S/C8H10N4O4/c1-4(13)16-11-5-6(9-2)10-8(15)12(3)7(5)14/h1-3H3,(H,9,10,15). The predicted octanol–water partition coefficient (Wildman–Crippen LogP) is -0.885. The zero-order chi connectivity index (χ0) is 12.3. The molecule has 0 aromatic rings. The largest absolute Gasteiger partial charge is 0.332 e. The Morgan fingerprint density at radius 2 is 2.06 bits per heavy atom. The number of hydrogen-bond donors (Lipinski definition) is 1. The number of imide groups is 1.